The van der Waals surface area contributed by atoms with E-state index in [4.69, 9.17) is 5.26 Å². The second kappa shape index (κ2) is 5.49. The summed E-state index contributed by atoms with van der Waals surface area (Å²) in [6, 6.07) is 8.39. The molecule has 0 spiro atoms. The minimum Gasteiger partial charge on any atom is -0.297 e. The number of aromatic nitrogens is 1. The quantitative estimate of drug-likeness (QED) is 0.819. The summed E-state index contributed by atoms with van der Waals surface area (Å²) in [5.74, 6) is 0.530. The second-order valence-electron chi connectivity index (χ2n) is 5.87. The van der Waals surface area contributed by atoms with Crippen LogP contribution in [0.3, 0.4) is 0 Å². The first kappa shape index (κ1) is 13.0. The zero-order valence-corrected chi connectivity index (χ0v) is 11.3. The van der Waals surface area contributed by atoms with E-state index < -0.39 is 0 Å². The number of likely N-dealkylation sites (tertiary alicyclic amines) is 1. The van der Waals surface area contributed by atoms with Gasteiger partial charge in [-0.05, 0) is 36.4 Å². The molecule has 3 heteroatoms. The van der Waals surface area contributed by atoms with Gasteiger partial charge in [0.2, 0.25) is 0 Å². The fourth-order valence-electron chi connectivity index (χ4n) is 2.86. The first-order valence-corrected chi connectivity index (χ1v) is 6.61. The van der Waals surface area contributed by atoms with Gasteiger partial charge >= 0.3 is 0 Å². The van der Waals surface area contributed by atoms with Gasteiger partial charge in [-0.15, -0.1) is 0 Å². The molecule has 0 saturated carbocycles. The van der Waals surface area contributed by atoms with Crippen molar-refractivity contribution in [2.45, 2.75) is 33.2 Å². The van der Waals surface area contributed by atoms with Crippen molar-refractivity contribution in [1.29, 1.82) is 5.26 Å². The van der Waals surface area contributed by atoms with E-state index in [-0.39, 0.29) is 5.41 Å². The predicted molar refractivity (Wildman–Crippen MR) is 71.6 cm³/mol. The van der Waals surface area contributed by atoms with E-state index in [0.717, 1.165) is 31.7 Å². The average molecular weight is 243 g/mol. The van der Waals surface area contributed by atoms with Gasteiger partial charge < -0.3 is 0 Å². The molecule has 0 aliphatic carbocycles. The molecule has 1 saturated heterocycles. The van der Waals surface area contributed by atoms with Crippen molar-refractivity contribution in [1.82, 2.24) is 9.88 Å². The van der Waals surface area contributed by atoms with E-state index in [9.17, 15) is 0 Å². The molecule has 1 aromatic heterocycles. The van der Waals surface area contributed by atoms with Gasteiger partial charge in [0.1, 0.15) is 0 Å². The van der Waals surface area contributed by atoms with Crippen molar-refractivity contribution < 1.29 is 0 Å². The summed E-state index contributed by atoms with van der Waals surface area (Å²) in [6.45, 7) is 7.60. The molecule has 96 valence electrons. The lowest BCUT2D eigenvalue weighted by molar-refractivity contribution is 0.0520. The van der Waals surface area contributed by atoms with Crippen LogP contribution in [0.5, 0.6) is 0 Å². The molecule has 0 amide bonds. The third-order valence-corrected chi connectivity index (χ3v) is 3.98. The molecule has 0 bridgehead atoms. The number of hydrogen-bond acceptors (Lipinski definition) is 3. The van der Waals surface area contributed by atoms with Crippen molar-refractivity contribution in [3.8, 4) is 6.07 Å². The van der Waals surface area contributed by atoms with Gasteiger partial charge in [-0.1, -0.05) is 19.9 Å². The number of nitriles is 1. The molecule has 1 aromatic rings. The minimum atomic E-state index is 0.225. The van der Waals surface area contributed by atoms with Crippen LogP contribution in [-0.4, -0.2) is 23.0 Å². The van der Waals surface area contributed by atoms with Crippen LogP contribution < -0.4 is 0 Å². The molecule has 3 nitrogen and oxygen atoms in total. The molecule has 2 heterocycles. The summed E-state index contributed by atoms with van der Waals surface area (Å²) in [4.78, 5) is 6.84. The molecule has 1 aliphatic heterocycles. The molecule has 1 aliphatic rings. The third kappa shape index (κ3) is 3.08. The van der Waals surface area contributed by atoms with Crippen LogP contribution in [0.2, 0.25) is 0 Å². The summed E-state index contributed by atoms with van der Waals surface area (Å²) in [7, 11) is 0. The van der Waals surface area contributed by atoms with E-state index in [0.29, 0.717) is 12.3 Å². The monoisotopic (exact) mass is 243 g/mol. The predicted octanol–water partition coefficient (Wildman–Crippen LogP) is 2.84. The van der Waals surface area contributed by atoms with Crippen molar-refractivity contribution >= 4 is 0 Å². The highest BCUT2D eigenvalue weighted by Crippen LogP contribution is 2.37. The van der Waals surface area contributed by atoms with Crippen molar-refractivity contribution in [3.05, 3.63) is 30.1 Å². The number of hydrogen-bond donors (Lipinski definition) is 0. The van der Waals surface area contributed by atoms with E-state index in [2.05, 4.69) is 35.9 Å². The Labute approximate surface area is 109 Å². The Hall–Kier alpha value is -1.40. The summed E-state index contributed by atoms with van der Waals surface area (Å²) < 4.78 is 0. The maximum absolute atomic E-state index is 8.88. The van der Waals surface area contributed by atoms with Gasteiger partial charge in [-0.3, -0.25) is 9.88 Å². The van der Waals surface area contributed by atoms with Crippen molar-refractivity contribution in [2.75, 3.05) is 13.1 Å². The Morgan fingerprint density at radius 1 is 1.50 bits per heavy atom. The Bertz CT molecular complexity index is 419. The van der Waals surface area contributed by atoms with Crippen LogP contribution in [0.15, 0.2) is 24.4 Å². The second-order valence-corrected chi connectivity index (χ2v) is 5.87. The smallest absolute Gasteiger partial charge is 0.0624 e. The van der Waals surface area contributed by atoms with E-state index in [1.807, 2.05) is 18.3 Å². The van der Waals surface area contributed by atoms with Crippen LogP contribution >= 0.6 is 0 Å². The molecule has 0 N–H and O–H groups in total. The maximum Gasteiger partial charge on any atom is 0.0624 e. The molecule has 2 rings (SSSR count). The molecule has 1 fully saturated rings. The lowest BCUT2D eigenvalue weighted by Gasteiger charge is -2.43. The molecule has 18 heavy (non-hydrogen) atoms. The van der Waals surface area contributed by atoms with Gasteiger partial charge in [0.15, 0.2) is 0 Å². The van der Waals surface area contributed by atoms with Gasteiger partial charge in [0.25, 0.3) is 0 Å². The summed E-state index contributed by atoms with van der Waals surface area (Å²) in [5.41, 5.74) is 1.36. The van der Waals surface area contributed by atoms with Gasteiger partial charge in [0, 0.05) is 25.7 Å². The maximum atomic E-state index is 8.88. The van der Waals surface area contributed by atoms with Gasteiger partial charge in [-0.2, -0.15) is 5.26 Å². The van der Waals surface area contributed by atoms with Crippen LogP contribution in [0, 0.1) is 22.7 Å². The Balaban J connectivity index is 1.97. The van der Waals surface area contributed by atoms with E-state index in [1.165, 1.54) is 0 Å². The Morgan fingerprint density at radius 3 is 2.94 bits per heavy atom. The van der Waals surface area contributed by atoms with Crippen molar-refractivity contribution in [2.24, 2.45) is 11.3 Å². The standard InChI is InChI=1S/C15H21N3/c1-15(2)12-18(10-7-13(15)6-8-16)11-14-5-3-4-9-17-14/h3-5,9,13H,6-7,10-12H2,1-2H3. The number of pyridine rings is 1. The largest absolute Gasteiger partial charge is 0.297 e. The highest BCUT2D eigenvalue weighted by Gasteiger charge is 2.35. The van der Waals surface area contributed by atoms with E-state index in [1.54, 1.807) is 0 Å². The molecular weight excluding hydrogens is 222 g/mol. The molecule has 1 atom stereocenters. The molecule has 0 radical (unpaired) electrons. The SMILES string of the molecule is CC1(C)CN(Cc2ccccn2)CCC1CC#N. The fraction of sp³-hybridized carbons (Fsp3) is 0.600. The Morgan fingerprint density at radius 2 is 2.33 bits per heavy atom. The highest BCUT2D eigenvalue weighted by atomic mass is 15.1. The van der Waals surface area contributed by atoms with E-state index >= 15 is 0 Å². The lowest BCUT2D eigenvalue weighted by Crippen LogP contribution is -2.45. The first-order chi connectivity index (χ1) is 8.62. The zero-order chi connectivity index (χ0) is 13.0. The van der Waals surface area contributed by atoms with Gasteiger partial charge in [-0.25, -0.2) is 0 Å². The first-order valence-electron chi connectivity index (χ1n) is 6.61. The van der Waals surface area contributed by atoms with Crippen LogP contribution in [0.25, 0.3) is 0 Å². The van der Waals surface area contributed by atoms with Crippen molar-refractivity contribution in [3.63, 3.8) is 0 Å². The zero-order valence-electron chi connectivity index (χ0n) is 11.3. The topological polar surface area (TPSA) is 39.9 Å². The summed E-state index contributed by atoms with van der Waals surface area (Å²) in [6.07, 6.45) is 3.65. The molecule has 0 aromatic carbocycles. The molecule has 1 unspecified atom stereocenters. The number of nitrogens with zero attached hydrogens (tertiary/aromatic N) is 3. The number of rotatable bonds is 3. The molecular formula is C15H21N3. The van der Waals surface area contributed by atoms with Crippen LogP contribution in [-0.2, 0) is 6.54 Å². The normalized spacial score (nSPS) is 23.5. The minimum absolute atomic E-state index is 0.225. The summed E-state index contributed by atoms with van der Waals surface area (Å²) in [5, 5.41) is 8.88. The fourth-order valence-corrected chi connectivity index (χ4v) is 2.86. The van der Waals surface area contributed by atoms with Crippen LogP contribution in [0.4, 0.5) is 0 Å². The third-order valence-electron chi connectivity index (χ3n) is 3.98. The highest BCUT2D eigenvalue weighted by molar-refractivity contribution is 5.04. The van der Waals surface area contributed by atoms with Gasteiger partial charge in [0.05, 0.1) is 11.8 Å². The lowest BCUT2D eigenvalue weighted by atomic mass is 9.72. The van der Waals surface area contributed by atoms with Crippen LogP contribution in [0.1, 0.15) is 32.4 Å². The Kier molecular flexibility index (Phi) is 3.98. The summed E-state index contributed by atoms with van der Waals surface area (Å²) >= 11 is 0. The number of piperidine rings is 1. The average Bonchev–Trinajstić information content (AvgIpc) is 2.33.